The molecule has 3 heteroatoms. The molecule has 0 aliphatic heterocycles. The van der Waals surface area contributed by atoms with E-state index >= 15 is 0 Å². The Bertz CT molecular complexity index is 321. The summed E-state index contributed by atoms with van der Waals surface area (Å²) in [5.74, 6) is 1.86. The fourth-order valence-electron chi connectivity index (χ4n) is 2.50. The highest BCUT2D eigenvalue weighted by molar-refractivity contribution is 7.11. The standard InChI is InChI=1S/C13H22N2S/c1-3-13-15-9-12(16-13)8-14-7-11-5-4-10(2)6-11/h9-11,14H,3-8H2,1-2H3. The first-order valence-corrected chi connectivity index (χ1v) is 7.24. The molecule has 16 heavy (non-hydrogen) atoms. The molecule has 1 saturated carbocycles. The summed E-state index contributed by atoms with van der Waals surface area (Å²) in [6.45, 7) is 6.72. The molecule has 0 aromatic carbocycles. The van der Waals surface area contributed by atoms with Gasteiger partial charge in [0.15, 0.2) is 0 Å². The lowest BCUT2D eigenvalue weighted by atomic mass is 10.1. The Morgan fingerprint density at radius 1 is 1.50 bits per heavy atom. The average molecular weight is 238 g/mol. The summed E-state index contributed by atoms with van der Waals surface area (Å²) < 4.78 is 0. The number of aromatic nitrogens is 1. The maximum absolute atomic E-state index is 4.38. The number of aryl methyl sites for hydroxylation is 1. The van der Waals surface area contributed by atoms with E-state index in [2.05, 4.69) is 24.1 Å². The van der Waals surface area contributed by atoms with E-state index in [1.807, 2.05) is 17.5 Å². The van der Waals surface area contributed by atoms with Gasteiger partial charge in [0.1, 0.15) is 0 Å². The van der Waals surface area contributed by atoms with Crippen molar-refractivity contribution in [3.8, 4) is 0 Å². The normalized spacial score (nSPS) is 25.1. The Hall–Kier alpha value is -0.410. The second-order valence-electron chi connectivity index (χ2n) is 4.99. The summed E-state index contributed by atoms with van der Waals surface area (Å²) in [4.78, 5) is 5.75. The van der Waals surface area contributed by atoms with Gasteiger partial charge in [-0.2, -0.15) is 0 Å². The Morgan fingerprint density at radius 3 is 3.00 bits per heavy atom. The van der Waals surface area contributed by atoms with Crippen LogP contribution in [0.2, 0.25) is 0 Å². The Balaban J connectivity index is 1.67. The first-order valence-electron chi connectivity index (χ1n) is 6.42. The van der Waals surface area contributed by atoms with Crippen molar-refractivity contribution in [3.63, 3.8) is 0 Å². The third-order valence-electron chi connectivity index (χ3n) is 3.44. The van der Waals surface area contributed by atoms with E-state index in [4.69, 9.17) is 0 Å². The number of nitrogens with one attached hydrogen (secondary N) is 1. The molecule has 0 bridgehead atoms. The predicted octanol–water partition coefficient (Wildman–Crippen LogP) is 3.23. The van der Waals surface area contributed by atoms with Gasteiger partial charge in [0.2, 0.25) is 0 Å². The molecule has 1 aromatic rings. The Morgan fingerprint density at radius 2 is 2.38 bits per heavy atom. The van der Waals surface area contributed by atoms with Crippen molar-refractivity contribution < 1.29 is 0 Å². The van der Waals surface area contributed by atoms with Crippen LogP contribution in [-0.4, -0.2) is 11.5 Å². The van der Waals surface area contributed by atoms with Gasteiger partial charge in [0, 0.05) is 17.6 Å². The summed E-state index contributed by atoms with van der Waals surface area (Å²) >= 11 is 1.84. The van der Waals surface area contributed by atoms with Crippen molar-refractivity contribution in [2.24, 2.45) is 11.8 Å². The molecule has 2 atom stereocenters. The van der Waals surface area contributed by atoms with Crippen molar-refractivity contribution >= 4 is 11.3 Å². The number of rotatable bonds is 5. The molecule has 0 saturated heterocycles. The largest absolute Gasteiger partial charge is 0.312 e. The van der Waals surface area contributed by atoms with Gasteiger partial charge in [0.05, 0.1) is 5.01 Å². The van der Waals surface area contributed by atoms with E-state index in [0.717, 1.165) is 24.8 Å². The summed E-state index contributed by atoms with van der Waals surface area (Å²) in [6.07, 6.45) is 7.33. The van der Waals surface area contributed by atoms with Crippen LogP contribution in [0.15, 0.2) is 6.20 Å². The average Bonchev–Trinajstić information content (AvgIpc) is 2.88. The molecule has 1 aliphatic rings. The van der Waals surface area contributed by atoms with E-state index in [1.165, 1.54) is 35.7 Å². The van der Waals surface area contributed by atoms with E-state index in [1.54, 1.807) is 0 Å². The quantitative estimate of drug-likeness (QED) is 0.852. The second-order valence-corrected chi connectivity index (χ2v) is 6.19. The maximum atomic E-state index is 4.38. The highest BCUT2D eigenvalue weighted by Crippen LogP contribution is 2.29. The lowest BCUT2D eigenvalue weighted by Crippen LogP contribution is -2.20. The van der Waals surface area contributed by atoms with E-state index in [9.17, 15) is 0 Å². The van der Waals surface area contributed by atoms with Gasteiger partial charge in [-0.25, -0.2) is 4.98 Å². The number of hydrogen-bond donors (Lipinski definition) is 1. The zero-order valence-electron chi connectivity index (χ0n) is 10.3. The van der Waals surface area contributed by atoms with Crippen LogP contribution in [-0.2, 0) is 13.0 Å². The van der Waals surface area contributed by atoms with Gasteiger partial charge in [-0.05, 0) is 37.6 Å². The van der Waals surface area contributed by atoms with Crippen molar-refractivity contribution in [1.82, 2.24) is 10.3 Å². The van der Waals surface area contributed by atoms with Gasteiger partial charge in [0.25, 0.3) is 0 Å². The summed E-state index contributed by atoms with van der Waals surface area (Å²) in [7, 11) is 0. The van der Waals surface area contributed by atoms with Gasteiger partial charge >= 0.3 is 0 Å². The van der Waals surface area contributed by atoms with Crippen LogP contribution in [0.1, 0.15) is 43.0 Å². The van der Waals surface area contributed by atoms with E-state index in [-0.39, 0.29) is 0 Å². The molecular formula is C13H22N2S. The lowest BCUT2D eigenvalue weighted by molar-refractivity contribution is 0.472. The fraction of sp³-hybridized carbons (Fsp3) is 0.769. The molecule has 2 unspecified atom stereocenters. The summed E-state index contributed by atoms with van der Waals surface area (Å²) in [6, 6.07) is 0. The minimum Gasteiger partial charge on any atom is -0.312 e. The van der Waals surface area contributed by atoms with Gasteiger partial charge < -0.3 is 5.32 Å². The van der Waals surface area contributed by atoms with Crippen LogP contribution in [0.5, 0.6) is 0 Å². The monoisotopic (exact) mass is 238 g/mol. The molecule has 0 spiro atoms. The molecular weight excluding hydrogens is 216 g/mol. The molecule has 2 rings (SSSR count). The Labute approximate surface area is 102 Å². The number of nitrogens with zero attached hydrogens (tertiary/aromatic N) is 1. The van der Waals surface area contributed by atoms with Gasteiger partial charge in [-0.1, -0.05) is 20.3 Å². The molecule has 2 nitrogen and oxygen atoms in total. The fourth-order valence-corrected chi connectivity index (χ4v) is 3.34. The number of thiazole rings is 1. The van der Waals surface area contributed by atoms with Crippen molar-refractivity contribution in [1.29, 1.82) is 0 Å². The van der Waals surface area contributed by atoms with Crippen LogP contribution < -0.4 is 5.32 Å². The molecule has 1 fully saturated rings. The van der Waals surface area contributed by atoms with Gasteiger partial charge in [-0.15, -0.1) is 11.3 Å². The third kappa shape index (κ3) is 3.29. The van der Waals surface area contributed by atoms with Crippen LogP contribution in [0.4, 0.5) is 0 Å². The highest BCUT2D eigenvalue weighted by atomic mass is 32.1. The van der Waals surface area contributed by atoms with Crippen LogP contribution in [0.25, 0.3) is 0 Å². The molecule has 1 aliphatic carbocycles. The van der Waals surface area contributed by atoms with Crippen molar-refractivity contribution in [3.05, 3.63) is 16.1 Å². The minimum atomic E-state index is 0.911. The lowest BCUT2D eigenvalue weighted by Gasteiger charge is -2.09. The SMILES string of the molecule is CCc1ncc(CNCC2CCC(C)C2)s1. The van der Waals surface area contributed by atoms with Crippen LogP contribution >= 0.6 is 11.3 Å². The second kappa shape index (κ2) is 5.78. The zero-order valence-corrected chi connectivity index (χ0v) is 11.1. The summed E-state index contributed by atoms with van der Waals surface area (Å²) in [5, 5.41) is 4.83. The van der Waals surface area contributed by atoms with E-state index in [0.29, 0.717) is 0 Å². The summed E-state index contributed by atoms with van der Waals surface area (Å²) in [5.41, 5.74) is 0. The van der Waals surface area contributed by atoms with Gasteiger partial charge in [-0.3, -0.25) is 0 Å². The molecule has 90 valence electrons. The predicted molar refractivity (Wildman–Crippen MR) is 69.7 cm³/mol. The first-order chi connectivity index (χ1) is 7.78. The highest BCUT2D eigenvalue weighted by Gasteiger charge is 2.20. The molecule has 1 heterocycles. The molecule has 1 N–H and O–H groups in total. The Kier molecular flexibility index (Phi) is 4.36. The third-order valence-corrected chi connectivity index (χ3v) is 4.58. The van der Waals surface area contributed by atoms with Crippen LogP contribution in [0, 0.1) is 11.8 Å². The minimum absolute atomic E-state index is 0.911. The van der Waals surface area contributed by atoms with Crippen molar-refractivity contribution in [2.75, 3.05) is 6.54 Å². The van der Waals surface area contributed by atoms with Crippen LogP contribution in [0.3, 0.4) is 0 Å². The zero-order chi connectivity index (χ0) is 11.4. The topological polar surface area (TPSA) is 24.9 Å². The smallest absolute Gasteiger partial charge is 0.0925 e. The molecule has 0 radical (unpaired) electrons. The van der Waals surface area contributed by atoms with Crippen molar-refractivity contribution in [2.45, 2.75) is 46.1 Å². The molecule has 1 aromatic heterocycles. The maximum Gasteiger partial charge on any atom is 0.0925 e. The first kappa shape index (κ1) is 12.1. The number of hydrogen-bond acceptors (Lipinski definition) is 3. The molecule has 0 amide bonds. The van der Waals surface area contributed by atoms with E-state index < -0.39 is 0 Å².